The predicted octanol–water partition coefficient (Wildman–Crippen LogP) is 7.53. The van der Waals surface area contributed by atoms with Gasteiger partial charge in [-0.05, 0) is 73.1 Å². The summed E-state index contributed by atoms with van der Waals surface area (Å²) in [4.78, 5) is 0. The van der Waals surface area contributed by atoms with Crippen LogP contribution in [0.1, 0.15) is 64.4 Å². The number of fused-ring (bicyclic) bond motifs is 1. The van der Waals surface area contributed by atoms with Crippen LogP contribution in [0.3, 0.4) is 0 Å². The number of benzene rings is 2. The number of alkyl halides is 1. The van der Waals surface area contributed by atoms with Crippen LogP contribution < -0.4 is 9.47 Å². The Morgan fingerprint density at radius 2 is 1.81 bits per heavy atom. The summed E-state index contributed by atoms with van der Waals surface area (Å²) < 4.78 is 12.1. The van der Waals surface area contributed by atoms with Crippen molar-refractivity contribution in [1.29, 1.82) is 0 Å². The molecular weight excluding hydrogens is 356 g/mol. The van der Waals surface area contributed by atoms with Gasteiger partial charge in [-0.25, -0.2) is 0 Å². The zero-order valence-corrected chi connectivity index (χ0v) is 18.0. The second-order valence-corrected chi connectivity index (χ2v) is 7.78. The Morgan fingerprint density at radius 1 is 0.963 bits per heavy atom. The van der Waals surface area contributed by atoms with Gasteiger partial charge >= 0.3 is 0 Å². The van der Waals surface area contributed by atoms with Crippen LogP contribution in [0.4, 0.5) is 0 Å². The van der Waals surface area contributed by atoms with Crippen LogP contribution in [0.2, 0.25) is 0 Å². The van der Waals surface area contributed by atoms with Gasteiger partial charge in [0.05, 0.1) is 13.2 Å². The van der Waals surface area contributed by atoms with Crippen LogP contribution >= 0.6 is 11.6 Å². The summed E-state index contributed by atoms with van der Waals surface area (Å²) >= 11 is 5.72. The molecule has 0 saturated heterocycles. The van der Waals surface area contributed by atoms with Crippen LogP contribution in [0.25, 0.3) is 10.8 Å². The number of hydrogen-bond acceptors (Lipinski definition) is 2. The van der Waals surface area contributed by atoms with Gasteiger partial charge in [0.2, 0.25) is 0 Å². The summed E-state index contributed by atoms with van der Waals surface area (Å²) in [6.45, 7) is 8.20. The highest BCUT2D eigenvalue weighted by molar-refractivity contribution is 6.17. The second kappa shape index (κ2) is 12.1. The van der Waals surface area contributed by atoms with Crippen molar-refractivity contribution in [3.05, 3.63) is 35.9 Å². The zero-order valence-electron chi connectivity index (χ0n) is 17.2. The van der Waals surface area contributed by atoms with E-state index in [4.69, 9.17) is 21.1 Å². The van der Waals surface area contributed by atoms with Gasteiger partial charge in [-0.1, -0.05) is 45.2 Å². The maximum absolute atomic E-state index is 6.09. The lowest BCUT2D eigenvalue weighted by molar-refractivity contribution is 0.233. The van der Waals surface area contributed by atoms with E-state index in [0.29, 0.717) is 5.92 Å². The summed E-state index contributed by atoms with van der Waals surface area (Å²) in [7, 11) is 0. The van der Waals surface area contributed by atoms with Crippen LogP contribution in [-0.2, 0) is 0 Å². The average molecular weight is 391 g/mol. The van der Waals surface area contributed by atoms with E-state index in [-0.39, 0.29) is 0 Å². The van der Waals surface area contributed by atoms with E-state index in [9.17, 15) is 0 Å². The van der Waals surface area contributed by atoms with Crippen molar-refractivity contribution >= 4 is 22.4 Å². The highest BCUT2D eigenvalue weighted by Crippen LogP contribution is 2.30. The minimum absolute atomic E-state index is 0.650. The Morgan fingerprint density at radius 3 is 2.56 bits per heavy atom. The standard InChI is InChI=1S/C24H35ClO2/c1-4-6-10-20(5-2)18-27-22-12-13-23-19(3)24(14-11-21(23)17-22)26-16-9-7-8-15-25/h11-14,17,20H,4-10,15-16,18H2,1-3H3. The molecule has 3 heteroatoms. The molecule has 0 fully saturated rings. The molecule has 0 radical (unpaired) electrons. The third kappa shape index (κ3) is 6.92. The molecule has 1 atom stereocenters. The van der Waals surface area contributed by atoms with E-state index < -0.39 is 0 Å². The van der Waals surface area contributed by atoms with Crippen molar-refractivity contribution in [2.24, 2.45) is 5.92 Å². The molecule has 0 bridgehead atoms. The van der Waals surface area contributed by atoms with Crippen molar-refractivity contribution in [2.75, 3.05) is 19.1 Å². The summed E-state index contributed by atoms with van der Waals surface area (Å²) in [6.07, 6.45) is 8.20. The van der Waals surface area contributed by atoms with Crippen molar-refractivity contribution < 1.29 is 9.47 Å². The van der Waals surface area contributed by atoms with Crippen molar-refractivity contribution in [3.8, 4) is 11.5 Å². The molecule has 0 amide bonds. The molecule has 27 heavy (non-hydrogen) atoms. The van der Waals surface area contributed by atoms with Crippen LogP contribution in [-0.4, -0.2) is 19.1 Å². The van der Waals surface area contributed by atoms with E-state index in [1.54, 1.807) is 0 Å². The number of aryl methyl sites for hydroxylation is 1. The third-order valence-electron chi connectivity index (χ3n) is 5.28. The Kier molecular flexibility index (Phi) is 9.83. The number of unbranched alkanes of at least 4 members (excludes halogenated alkanes) is 3. The minimum Gasteiger partial charge on any atom is -0.493 e. The molecule has 2 aromatic rings. The molecule has 150 valence electrons. The zero-order chi connectivity index (χ0) is 19.5. The SMILES string of the molecule is CCCCC(CC)COc1ccc2c(C)c(OCCCCCCl)ccc2c1. The maximum atomic E-state index is 6.09. The van der Waals surface area contributed by atoms with Crippen LogP contribution in [0.15, 0.2) is 30.3 Å². The normalized spacial score (nSPS) is 12.3. The summed E-state index contributed by atoms with van der Waals surface area (Å²) in [6, 6.07) is 10.6. The average Bonchev–Trinajstić information content (AvgIpc) is 2.69. The molecule has 0 aliphatic heterocycles. The number of rotatable bonds is 13. The topological polar surface area (TPSA) is 18.5 Å². The van der Waals surface area contributed by atoms with E-state index in [2.05, 4.69) is 51.1 Å². The molecule has 0 spiro atoms. The first-order valence-corrected chi connectivity index (χ1v) is 11.1. The highest BCUT2D eigenvalue weighted by atomic mass is 35.5. The first-order valence-electron chi connectivity index (χ1n) is 10.5. The Balaban J connectivity index is 1.98. The second-order valence-electron chi connectivity index (χ2n) is 7.40. The van der Waals surface area contributed by atoms with Gasteiger partial charge in [0.25, 0.3) is 0 Å². The largest absolute Gasteiger partial charge is 0.493 e. The van der Waals surface area contributed by atoms with E-state index >= 15 is 0 Å². The first-order chi connectivity index (χ1) is 13.2. The van der Waals surface area contributed by atoms with Gasteiger partial charge in [0.1, 0.15) is 11.5 Å². The molecule has 1 unspecified atom stereocenters. The van der Waals surface area contributed by atoms with Gasteiger partial charge in [-0.3, -0.25) is 0 Å². The van der Waals surface area contributed by atoms with Crippen molar-refractivity contribution in [1.82, 2.24) is 0 Å². The molecule has 2 aromatic carbocycles. The van der Waals surface area contributed by atoms with Crippen LogP contribution in [0.5, 0.6) is 11.5 Å². The molecule has 0 aliphatic carbocycles. The monoisotopic (exact) mass is 390 g/mol. The van der Waals surface area contributed by atoms with Gasteiger partial charge in [0, 0.05) is 5.88 Å². The maximum Gasteiger partial charge on any atom is 0.122 e. The highest BCUT2D eigenvalue weighted by Gasteiger charge is 2.09. The molecule has 0 N–H and O–H groups in total. The number of ether oxygens (including phenoxy) is 2. The summed E-state index contributed by atoms with van der Waals surface area (Å²) in [5.41, 5.74) is 1.20. The fourth-order valence-corrected chi connectivity index (χ4v) is 3.55. The van der Waals surface area contributed by atoms with Crippen molar-refractivity contribution in [2.45, 2.75) is 65.7 Å². The molecule has 0 aliphatic rings. The van der Waals surface area contributed by atoms with E-state index in [1.165, 1.54) is 42.0 Å². The number of halogens is 1. The van der Waals surface area contributed by atoms with Crippen LogP contribution in [0, 0.1) is 12.8 Å². The lowest BCUT2D eigenvalue weighted by Crippen LogP contribution is -2.11. The molecule has 0 saturated carbocycles. The lowest BCUT2D eigenvalue weighted by atomic mass is 10.0. The molecule has 2 rings (SSSR count). The molecule has 0 aromatic heterocycles. The fourth-order valence-electron chi connectivity index (χ4n) is 3.36. The third-order valence-corrected chi connectivity index (χ3v) is 5.54. The summed E-state index contributed by atoms with van der Waals surface area (Å²) in [5, 5.41) is 2.44. The Bertz CT molecular complexity index is 683. The minimum atomic E-state index is 0.650. The Hall–Kier alpha value is -1.41. The Labute approximate surface area is 170 Å². The smallest absolute Gasteiger partial charge is 0.122 e. The fraction of sp³-hybridized carbons (Fsp3) is 0.583. The van der Waals surface area contributed by atoms with Gasteiger partial charge in [0.15, 0.2) is 0 Å². The summed E-state index contributed by atoms with van der Waals surface area (Å²) in [5.74, 6) is 3.33. The molecule has 0 heterocycles. The van der Waals surface area contributed by atoms with E-state index in [1.807, 2.05) is 0 Å². The lowest BCUT2D eigenvalue weighted by Gasteiger charge is -2.16. The molecular formula is C24H35ClO2. The quantitative estimate of drug-likeness (QED) is 0.260. The molecule has 2 nitrogen and oxygen atoms in total. The first kappa shape index (κ1) is 21.9. The van der Waals surface area contributed by atoms with Crippen molar-refractivity contribution in [3.63, 3.8) is 0 Å². The number of hydrogen-bond donors (Lipinski definition) is 0. The van der Waals surface area contributed by atoms with Gasteiger partial charge in [-0.2, -0.15) is 0 Å². The van der Waals surface area contributed by atoms with Gasteiger partial charge < -0.3 is 9.47 Å². The van der Waals surface area contributed by atoms with E-state index in [0.717, 1.165) is 49.9 Å². The predicted molar refractivity (Wildman–Crippen MR) is 118 cm³/mol. The van der Waals surface area contributed by atoms with Gasteiger partial charge in [-0.15, -0.1) is 11.6 Å².